The fourth-order valence-corrected chi connectivity index (χ4v) is 1.05. The van der Waals surface area contributed by atoms with Crippen molar-refractivity contribution < 1.29 is 5.11 Å². The zero-order valence-corrected chi connectivity index (χ0v) is 7.63. The van der Waals surface area contributed by atoms with E-state index >= 15 is 0 Å². The molecule has 0 amide bonds. The Morgan fingerprint density at radius 2 is 2.00 bits per heavy atom. The van der Waals surface area contributed by atoms with Crippen LogP contribution in [-0.2, 0) is 5.60 Å². The second-order valence-electron chi connectivity index (χ2n) is 3.48. The third-order valence-electron chi connectivity index (χ3n) is 1.68. The van der Waals surface area contributed by atoms with Crippen molar-refractivity contribution in [1.82, 2.24) is 4.98 Å². The molecule has 3 nitrogen and oxygen atoms in total. The first-order valence-electron chi connectivity index (χ1n) is 3.86. The molecule has 0 saturated carbocycles. The van der Waals surface area contributed by atoms with Crippen molar-refractivity contribution in [2.24, 2.45) is 0 Å². The van der Waals surface area contributed by atoms with Crippen LogP contribution in [0.3, 0.4) is 0 Å². The van der Waals surface area contributed by atoms with Crippen LogP contribution in [0.25, 0.3) is 0 Å². The number of aryl methyl sites for hydroxylation is 1. The molecule has 0 fully saturated rings. The SMILES string of the molecule is Cc1cc(C(C)(C)O)cc(N)n1. The van der Waals surface area contributed by atoms with Crippen molar-refractivity contribution >= 4 is 5.82 Å². The zero-order chi connectivity index (χ0) is 9.35. The highest BCUT2D eigenvalue weighted by Gasteiger charge is 2.16. The Bertz CT molecular complexity index is 269. The molecule has 12 heavy (non-hydrogen) atoms. The lowest BCUT2D eigenvalue weighted by molar-refractivity contribution is 0.0785. The van der Waals surface area contributed by atoms with E-state index in [2.05, 4.69) is 4.98 Å². The molecule has 0 aliphatic rings. The second-order valence-corrected chi connectivity index (χ2v) is 3.48. The molecule has 1 aromatic heterocycles. The van der Waals surface area contributed by atoms with Crippen LogP contribution in [0.4, 0.5) is 5.82 Å². The van der Waals surface area contributed by atoms with Crippen molar-refractivity contribution in [3.05, 3.63) is 23.4 Å². The first kappa shape index (κ1) is 9.00. The summed E-state index contributed by atoms with van der Waals surface area (Å²) in [6.45, 7) is 5.30. The molecule has 0 aromatic carbocycles. The predicted molar refractivity (Wildman–Crippen MR) is 48.6 cm³/mol. The minimum atomic E-state index is -0.845. The van der Waals surface area contributed by atoms with Crippen molar-refractivity contribution in [3.8, 4) is 0 Å². The Kier molecular flexibility index (Phi) is 2.06. The van der Waals surface area contributed by atoms with Crippen molar-refractivity contribution in [3.63, 3.8) is 0 Å². The van der Waals surface area contributed by atoms with E-state index in [-0.39, 0.29) is 0 Å². The maximum Gasteiger partial charge on any atom is 0.123 e. The molecule has 0 radical (unpaired) electrons. The number of hydrogen-bond acceptors (Lipinski definition) is 3. The number of pyridine rings is 1. The van der Waals surface area contributed by atoms with Crippen LogP contribution in [-0.4, -0.2) is 10.1 Å². The van der Waals surface area contributed by atoms with Gasteiger partial charge in [0.2, 0.25) is 0 Å². The van der Waals surface area contributed by atoms with Crippen molar-refractivity contribution in [2.45, 2.75) is 26.4 Å². The number of rotatable bonds is 1. The van der Waals surface area contributed by atoms with Gasteiger partial charge in [0.05, 0.1) is 5.60 Å². The van der Waals surface area contributed by atoms with Gasteiger partial charge in [0.1, 0.15) is 5.82 Å². The third-order valence-corrected chi connectivity index (χ3v) is 1.68. The molecule has 0 atom stereocenters. The molecule has 66 valence electrons. The molecule has 3 heteroatoms. The minimum Gasteiger partial charge on any atom is -0.386 e. The van der Waals surface area contributed by atoms with Crippen molar-refractivity contribution in [1.29, 1.82) is 0 Å². The summed E-state index contributed by atoms with van der Waals surface area (Å²) >= 11 is 0. The van der Waals surface area contributed by atoms with Crippen LogP contribution >= 0.6 is 0 Å². The number of nitrogens with zero attached hydrogens (tertiary/aromatic N) is 1. The van der Waals surface area contributed by atoms with Gasteiger partial charge in [-0.05, 0) is 38.5 Å². The molecule has 0 aliphatic heterocycles. The van der Waals surface area contributed by atoms with Crippen LogP contribution < -0.4 is 5.73 Å². The monoisotopic (exact) mass is 166 g/mol. The number of nitrogen functional groups attached to an aromatic ring is 1. The summed E-state index contributed by atoms with van der Waals surface area (Å²) in [5.74, 6) is 0.451. The van der Waals surface area contributed by atoms with Gasteiger partial charge in [-0.1, -0.05) is 0 Å². The first-order valence-corrected chi connectivity index (χ1v) is 3.86. The molecule has 0 unspecified atom stereocenters. The maximum atomic E-state index is 9.65. The third kappa shape index (κ3) is 1.95. The van der Waals surface area contributed by atoms with E-state index in [0.29, 0.717) is 5.82 Å². The van der Waals surface area contributed by atoms with Crippen LogP contribution in [0.2, 0.25) is 0 Å². The zero-order valence-electron chi connectivity index (χ0n) is 7.63. The van der Waals surface area contributed by atoms with Gasteiger partial charge >= 0.3 is 0 Å². The summed E-state index contributed by atoms with van der Waals surface area (Å²) in [6.07, 6.45) is 0. The van der Waals surface area contributed by atoms with Gasteiger partial charge in [-0.3, -0.25) is 0 Å². The Hall–Kier alpha value is -1.09. The fraction of sp³-hybridized carbons (Fsp3) is 0.444. The molecule has 3 N–H and O–H groups in total. The standard InChI is InChI=1S/C9H14N2O/c1-6-4-7(9(2,3)12)5-8(10)11-6/h4-5,12H,1-3H3,(H2,10,11). The summed E-state index contributed by atoms with van der Waals surface area (Å²) < 4.78 is 0. The van der Waals surface area contributed by atoms with Gasteiger partial charge in [-0.15, -0.1) is 0 Å². The highest BCUT2D eigenvalue weighted by atomic mass is 16.3. The molecular weight excluding hydrogens is 152 g/mol. The number of anilines is 1. The molecule has 0 aliphatic carbocycles. The summed E-state index contributed by atoms with van der Waals surface area (Å²) in [4.78, 5) is 4.01. The van der Waals surface area contributed by atoms with Gasteiger partial charge < -0.3 is 10.8 Å². The van der Waals surface area contributed by atoms with Gasteiger partial charge in [-0.2, -0.15) is 0 Å². The predicted octanol–water partition coefficient (Wildman–Crippen LogP) is 1.20. The lowest BCUT2D eigenvalue weighted by atomic mass is 9.99. The van der Waals surface area contributed by atoms with E-state index in [0.717, 1.165) is 11.3 Å². The van der Waals surface area contributed by atoms with Gasteiger partial charge in [0.15, 0.2) is 0 Å². The van der Waals surface area contributed by atoms with E-state index in [1.807, 2.05) is 13.0 Å². The topological polar surface area (TPSA) is 59.1 Å². The van der Waals surface area contributed by atoms with Gasteiger partial charge in [0, 0.05) is 5.69 Å². The van der Waals surface area contributed by atoms with Crippen LogP contribution in [0.15, 0.2) is 12.1 Å². The van der Waals surface area contributed by atoms with Crippen LogP contribution in [0.5, 0.6) is 0 Å². The van der Waals surface area contributed by atoms with E-state index in [4.69, 9.17) is 5.73 Å². The van der Waals surface area contributed by atoms with Crippen LogP contribution in [0, 0.1) is 6.92 Å². The van der Waals surface area contributed by atoms with E-state index in [1.165, 1.54) is 0 Å². The van der Waals surface area contributed by atoms with E-state index in [1.54, 1.807) is 19.9 Å². The average molecular weight is 166 g/mol. The van der Waals surface area contributed by atoms with E-state index in [9.17, 15) is 5.11 Å². The minimum absolute atomic E-state index is 0.451. The molecule has 0 saturated heterocycles. The lowest BCUT2D eigenvalue weighted by Crippen LogP contribution is -2.16. The van der Waals surface area contributed by atoms with Crippen LogP contribution in [0.1, 0.15) is 25.1 Å². The molecule has 0 spiro atoms. The smallest absolute Gasteiger partial charge is 0.123 e. The fourth-order valence-electron chi connectivity index (χ4n) is 1.05. The normalized spacial score (nSPS) is 11.7. The Morgan fingerprint density at radius 1 is 1.42 bits per heavy atom. The Balaban J connectivity index is 3.18. The maximum absolute atomic E-state index is 9.65. The lowest BCUT2D eigenvalue weighted by Gasteiger charge is -2.18. The molecule has 1 rings (SSSR count). The van der Waals surface area contributed by atoms with E-state index < -0.39 is 5.60 Å². The number of aliphatic hydroxyl groups is 1. The molecule has 1 heterocycles. The number of nitrogens with two attached hydrogens (primary N) is 1. The summed E-state index contributed by atoms with van der Waals surface area (Å²) in [5, 5.41) is 9.65. The summed E-state index contributed by atoms with van der Waals surface area (Å²) in [7, 11) is 0. The molecular formula is C9H14N2O. The number of hydrogen-bond donors (Lipinski definition) is 2. The Morgan fingerprint density at radius 3 is 2.42 bits per heavy atom. The number of aromatic nitrogens is 1. The second kappa shape index (κ2) is 2.75. The van der Waals surface area contributed by atoms with Crippen molar-refractivity contribution in [2.75, 3.05) is 5.73 Å². The highest BCUT2D eigenvalue weighted by molar-refractivity contribution is 5.36. The molecule has 0 bridgehead atoms. The first-order chi connectivity index (χ1) is 5.39. The van der Waals surface area contributed by atoms with Gasteiger partial charge in [-0.25, -0.2) is 4.98 Å². The van der Waals surface area contributed by atoms with Gasteiger partial charge in [0.25, 0.3) is 0 Å². The molecule has 1 aromatic rings. The quantitative estimate of drug-likeness (QED) is 0.659. The summed E-state index contributed by atoms with van der Waals surface area (Å²) in [6, 6.07) is 3.52. The average Bonchev–Trinajstić information content (AvgIpc) is 1.82. The highest BCUT2D eigenvalue weighted by Crippen LogP contribution is 2.21. The largest absolute Gasteiger partial charge is 0.386 e. The Labute approximate surface area is 72.2 Å². The summed E-state index contributed by atoms with van der Waals surface area (Å²) in [5.41, 5.74) is 6.31.